The third-order valence-corrected chi connectivity index (χ3v) is 2.46. The van der Waals surface area contributed by atoms with Crippen molar-refractivity contribution in [2.75, 3.05) is 0 Å². The van der Waals surface area contributed by atoms with Gasteiger partial charge >= 0.3 is 5.82 Å². The molecule has 0 spiro atoms. The number of nitrogens with zero attached hydrogens (tertiary/aromatic N) is 3. The van der Waals surface area contributed by atoms with E-state index in [4.69, 9.17) is 0 Å². The SMILES string of the molecule is Cn1nc([N+](=O)[O-])c2cc(Br)ccc21. The van der Waals surface area contributed by atoms with Crippen molar-refractivity contribution < 1.29 is 4.92 Å². The molecule has 6 heteroatoms. The molecule has 0 bridgehead atoms. The van der Waals surface area contributed by atoms with E-state index in [1.54, 1.807) is 19.2 Å². The number of hydrogen-bond donors (Lipinski definition) is 0. The molecule has 0 saturated carbocycles. The van der Waals surface area contributed by atoms with Crippen LogP contribution in [0.4, 0.5) is 5.82 Å². The molecule has 1 aromatic carbocycles. The zero-order chi connectivity index (χ0) is 10.3. The molecule has 2 rings (SSSR count). The summed E-state index contributed by atoms with van der Waals surface area (Å²) in [5, 5.41) is 15.0. The summed E-state index contributed by atoms with van der Waals surface area (Å²) in [6.45, 7) is 0. The number of hydrogen-bond acceptors (Lipinski definition) is 3. The lowest BCUT2D eigenvalue weighted by molar-refractivity contribution is -0.388. The molecular formula is C8H6BrN3O2. The van der Waals surface area contributed by atoms with Gasteiger partial charge in [-0.3, -0.25) is 0 Å². The lowest BCUT2D eigenvalue weighted by Crippen LogP contribution is -1.92. The number of aromatic nitrogens is 2. The van der Waals surface area contributed by atoms with Crippen LogP contribution < -0.4 is 0 Å². The van der Waals surface area contributed by atoms with Crippen molar-refractivity contribution >= 4 is 32.7 Å². The fourth-order valence-electron chi connectivity index (χ4n) is 1.35. The Kier molecular flexibility index (Phi) is 1.99. The molecule has 0 aliphatic rings. The van der Waals surface area contributed by atoms with E-state index in [0.29, 0.717) is 5.39 Å². The Balaban J connectivity index is 2.85. The summed E-state index contributed by atoms with van der Waals surface area (Å²) in [6.07, 6.45) is 0. The van der Waals surface area contributed by atoms with E-state index in [2.05, 4.69) is 21.0 Å². The number of fused-ring (bicyclic) bond motifs is 1. The molecule has 0 fully saturated rings. The Morgan fingerprint density at radius 1 is 1.57 bits per heavy atom. The van der Waals surface area contributed by atoms with Crippen molar-refractivity contribution in [3.05, 3.63) is 32.8 Å². The minimum Gasteiger partial charge on any atom is -0.358 e. The summed E-state index contributed by atoms with van der Waals surface area (Å²) in [7, 11) is 1.68. The maximum Gasteiger partial charge on any atom is 0.397 e. The van der Waals surface area contributed by atoms with Gasteiger partial charge in [0.15, 0.2) is 0 Å². The Labute approximate surface area is 87.6 Å². The molecule has 0 saturated heterocycles. The highest BCUT2D eigenvalue weighted by molar-refractivity contribution is 9.10. The zero-order valence-electron chi connectivity index (χ0n) is 7.27. The van der Waals surface area contributed by atoms with Gasteiger partial charge in [-0.2, -0.15) is 4.68 Å². The van der Waals surface area contributed by atoms with Crippen LogP contribution >= 0.6 is 15.9 Å². The van der Waals surface area contributed by atoms with E-state index >= 15 is 0 Å². The van der Waals surface area contributed by atoms with Crippen molar-refractivity contribution in [2.45, 2.75) is 0 Å². The van der Waals surface area contributed by atoms with Crippen LogP contribution in [0.3, 0.4) is 0 Å². The molecule has 1 heterocycles. The van der Waals surface area contributed by atoms with Gasteiger partial charge in [0.05, 0.1) is 17.7 Å². The fraction of sp³-hybridized carbons (Fsp3) is 0.125. The molecule has 0 unspecified atom stereocenters. The van der Waals surface area contributed by atoms with Crippen LogP contribution in [0, 0.1) is 10.1 Å². The van der Waals surface area contributed by atoms with Crippen LogP contribution in [0.2, 0.25) is 0 Å². The average molecular weight is 256 g/mol. The number of benzene rings is 1. The van der Waals surface area contributed by atoms with Crippen molar-refractivity contribution in [3.63, 3.8) is 0 Å². The van der Waals surface area contributed by atoms with Gasteiger partial charge in [-0.1, -0.05) is 15.9 Å². The second-order valence-corrected chi connectivity index (χ2v) is 3.78. The maximum absolute atomic E-state index is 10.7. The molecule has 0 aliphatic heterocycles. The van der Waals surface area contributed by atoms with Crippen LogP contribution in [0.15, 0.2) is 22.7 Å². The van der Waals surface area contributed by atoms with E-state index in [-0.39, 0.29) is 5.82 Å². The van der Waals surface area contributed by atoms with E-state index in [0.717, 1.165) is 9.99 Å². The predicted octanol–water partition coefficient (Wildman–Crippen LogP) is 2.24. The van der Waals surface area contributed by atoms with E-state index < -0.39 is 4.92 Å². The van der Waals surface area contributed by atoms with Crippen LogP contribution in [0.5, 0.6) is 0 Å². The highest BCUT2D eigenvalue weighted by Crippen LogP contribution is 2.26. The maximum atomic E-state index is 10.7. The average Bonchev–Trinajstić information content (AvgIpc) is 2.43. The summed E-state index contributed by atoms with van der Waals surface area (Å²) in [6, 6.07) is 5.31. The van der Waals surface area contributed by atoms with Gasteiger partial charge in [-0.25, -0.2) is 0 Å². The van der Waals surface area contributed by atoms with Gasteiger partial charge < -0.3 is 10.1 Å². The zero-order valence-corrected chi connectivity index (χ0v) is 8.85. The second-order valence-electron chi connectivity index (χ2n) is 2.87. The van der Waals surface area contributed by atoms with Crippen LogP contribution in [-0.4, -0.2) is 14.7 Å². The van der Waals surface area contributed by atoms with E-state index in [1.807, 2.05) is 6.07 Å². The second kappa shape index (κ2) is 3.06. The molecule has 0 amide bonds. The molecule has 1 aromatic heterocycles. The molecule has 0 N–H and O–H groups in total. The van der Waals surface area contributed by atoms with Crippen molar-refractivity contribution in [1.82, 2.24) is 9.78 Å². The molecular weight excluding hydrogens is 250 g/mol. The summed E-state index contributed by atoms with van der Waals surface area (Å²) in [5.74, 6) is -0.108. The Morgan fingerprint density at radius 2 is 2.29 bits per heavy atom. The van der Waals surface area contributed by atoms with Crippen LogP contribution in [-0.2, 0) is 7.05 Å². The Morgan fingerprint density at radius 3 is 2.93 bits per heavy atom. The lowest BCUT2D eigenvalue weighted by atomic mass is 10.2. The first kappa shape index (κ1) is 9.14. The van der Waals surface area contributed by atoms with Crippen molar-refractivity contribution in [2.24, 2.45) is 7.05 Å². The smallest absolute Gasteiger partial charge is 0.358 e. The number of nitro groups is 1. The van der Waals surface area contributed by atoms with Crippen LogP contribution in [0.1, 0.15) is 0 Å². The number of rotatable bonds is 1. The minimum absolute atomic E-state index is 0.108. The lowest BCUT2D eigenvalue weighted by Gasteiger charge is -1.91. The van der Waals surface area contributed by atoms with Gasteiger partial charge in [0.2, 0.25) is 0 Å². The topological polar surface area (TPSA) is 61.0 Å². The van der Waals surface area contributed by atoms with Gasteiger partial charge in [0.25, 0.3) is 0 Å². The molecule has 5 nitrogen and oxygen atoms in total. The monoisotopic (exact) mass is 255 g/mol. The molecule has 72 valence electrons. The molecule has 2 aromatic rings. The van der Waals surface area contributed by atoms with Crippen molar-refractivity contribution in [1.29, 1.82) is 0 Å². The quantitative estimate of drug-likeness (QED) is 0.580. The number of halogens is 1. The first-order chi connectivity index (χ1) is 6.59. The first-order valence-electron chi connectivity index (χ1n) is 3.86. The molecule has 0 atom stereocenters. The molecule has 14 heavy (non-hydrogen) atoms. The standard InChI is InChI=1S/C8H6BrN3O2/c1-11-7-3-2-5(9)4-6(7)8(10-11)12(13)14/h2-4H,1H3. The van der Waals surface area contributed by atoms with E-state index in [1.165, 1.54) is 4.68 Å². The number of aryl methyl sites for hydroxylation is 1. The summed E-state index contributed by atoms with van der Waals surface area (Å²) in [4.78, 5) is 10.2. The summed E-state index contributed by atoms with van der Waals surface area (Å²) in [5.41, 5.74) is 0.750. The summed E-state index contributed by atoms with van der Waals surface area (Å²) >= 11 is 3.27. The van der Waals surface area contributed by atoms with E-state index in [9.17, 15) is 10.1 Å². The minimum atomic E-state index is -0.477. The Hall–Kier alpha value is -1.43. The highest BCUT2D eigenvalue weighted by atomic mass is 79.9. The predicted molar refractivity (Wildman–Crippen MR) is 55.1 cm³/mol. The van der Waals surface area contributed by atoms with Crippen LogP contribution in [0.25, 0.3) is 10.9 Å². The third-order valence-electron chi connectivity index (χ3n) is 1.97. The largest absolute Gasteiger partial charge is 0.397 e. The fourth-order valence-corrected chi connectivity index (χ4v) is 1.72. The van der Waals surface area contributed by atoms with Gasteiger partial charge in [-0.15, -0.1) is 0 Å². The van der Waals surface area contributed by atoms with Crippen molar-refractivity contribution in [3.8, 4) is 0 Å². The Bertz CT molecular complexity index is 521. The molecule has 0 radical (unpaired) electrons. The first-order valence-corrected chi connectivity index (χ1v) is 4.65. The van der Waals surface area contributed by atoms with Gasteiger partial charge in [0.1, 0.15) is 5.39 Å². The highest BCUT2D eigenvalue weighted by Gasteiger charge is 2.19. The molecule has 0 aliphatic carbocycles. The summed E-state index contributed by atoms with van der Waals surface area (Å²) < 4.78 is 2.31. The third kappa shape index (κ3) is 1.27. The van der Waals surface area contributed by atoms with Gasteiger partial charge in [0, 0.05) is 4.47 Å². The van der Waals surface area contributed by atoms with Gasteiger partial charge in [-0.05, 0) is 23.1 Å². The normalized spacial score (nSPS) is 10.7.